The average molecular weight is 356 g/mol. The Hall–Kier alpha value is -3.12. The van der Waals surface area contributed by atoms with Gasteiger partial charge in [-0.3, -0.25) is 9.59 Å². The van der Waals surface area contributed by atoms with Gasteiger partial charge < -0.3 is 15.1 Å². The van der Waals surface area contributed by atoms with Gasteiger partial charge in [-0.1, -0.05) is 23.7 Å². The fourth-order valence-corrected chi connectivity index (χ4v) is 2.38. The van der Waals surface area contributed by atoms with Crippen LogP contribution in [-0.2, 0) is 6.54 Å². The Labute approximate surface area is 148 Å². The van der Waals surface area contributed by atoms with Crippen LogP contribution in [0.25, 0.3) is 0 Å². The number of nitrogens with one attached hydrogen (secondary N) is 2. The van der Waals surface area contributed by atoms with Crippen LogP contribution in [0.5, 0.6) is 0 Å². The number of hydrogen-bond donors (Lipinski definition) is 2. The smallest absolute Gasteiger partial charge is 0.255 e. The predicted molar refractivity (Wildman–Crippen MR) is 93.5 cm³/mol. The van der Waals surface area contributed by atoms with E-state index in [1.807, 2.05) is 0 Å². The molecule has 126 valence electrons. The molecule has 2 aromatic heterocycles. The number of hydrogen-bond acceptors (Lipinski definition) is 4. The van der Waals surface area contributed by atoms with E-state index in [4.69, 9.17) is 16.0 Å². The van der Waals surface area contributed by atoms with Crippen molar-refractivity contribution >= 4 is 29.1 Å². The van der Waals surface area contributed by atoms with E-state index >= 15 is 0 Å². The summed E-state index contributed by atoms with van der Waals surface area (Å²) >= 11 is 5.80. The molecule has 7 heteroatoms. The molecule has 0 aliphatic carbocycles. The molecule has 2 N–H and O–H groups in total. The Morgan fingerprint density at radius 3 is 2.68 bits per heavy atom. The van der Waals surface area contributed by atoms with E-state index in [0.29, 0.717) is 22.6 Å². The number of carbonyl (C=O) groups excluding carboxylic acids is 2. The Balaban J connectivity index is 1.74. The maximum Gasteiger partial charge on any atom is 0.255 e. The fraction of sp³-hybridized carbons (Fsp3) is 0.0556. The Morgan fingerprint density at radius 1 is 1.08 bits per heavy atom. The van der Waals surface area contributed by atoms with Gasteiger partial charge in [-0.2, -0.15) is 0 Å². The molecule has 6 nitrogen and oxygen atoms in total. The zero-order valence-electron chi connectivity index (χ0n) is 13.0. The average Bonchev–Trinajstić information content (AvgIpc) is 3.13. The van der Waals surface area contributed by atoms with Crippen LogP contribution in [0, 0.1) is 0 Å². The molecule has 0 bridgehead atoms. The summed E-state index contributed by atoms with van der Waals surface area (Å²) in [6.45, 7) is 0.258. The summed E-state index contributed by atoms with van der Waals surface area (Å²) in [5, 5.41) is 5.69. The molecule has 0 radical (unpaired) electrons. The monoisotopic (exact) mass is 355 g/mol. The first-order valence-corrected chi connectivity index (χ1v) is 7.84. The number of halogens is 1. The quantitative estimate of drug-likeness (QED) is 0.686. The molecule has 0 saturated heterocycles. The summed E-state index contributed by atoms with van der Waals surface area (Å²) < 4.78 is 5.18. The van der Waals surface area contributed by atoms with Crippen LogP contribution in [-0.4, -0.2) is 16.8 Å². The first-order valence-electron chi connectivity index (χ1n) is 7.46. The van der Waals surface area contributed by atoms with Crippen molar-refractivity contribution in [3.8, 4) is 0 Å². The van der Waals surface area contributed by atoms with Crippen molar-refractivity contribution in [2.45, 2.75) is 6.54 Å². The topological polar surface area (TPSA) is 84.2 Å². The highest BCUT2D eigenvalue weighted by Crippen LogP contribution is 2.17. The summed E-state index contributed by atoms with van der Waals surface area (Å²) in [5.74, 6) is -0.0584. The minimum Gasteiger partial charge on any atom is -0.467 e. The number of pyridine rings is 1. The molecule has 1 aromatic carbocycles. The summed E-state index contributed by atoms with van der Waals surface area (Å²) in [6, 6.07) is 13.3. The number of benzene rings is 1. The Kier molecular flexibility index (Phi) is 5.11. The molecule has 0 fully saturated rings. The number of aromatic nitrogens is 1. The maximum atomic E-state index is 12.4. The van der Waals surface area contributed by atoms with E-state index in [0.717, 1.165) is 0 Å². The number of furan rings is 1. The minimum absolute atomic E-state index is 0.220. The standard InChI is InChI=1S/C18H14ClN3O3/c19-16-10-12(7-8-20-16)17(23)22-15-6-2-1-5-14(15)18(24)21-11-13-4-3-9-25-13/h1-10H,11H2,(H,21,24)(H,22,23). The normalized spacial score (nSPS) is 10.3. The second-order valence-electron chi connectivity index (χ2n) is 5.13. The predicted octanol–water partition coefficient (Wildman–Crippen LogP) is 3.51. The van der Waals surface area contributed by atoms with Crippen LogP contribution in [0.2, 0.25) is 5.15 Å². The van der Waals surface area contributed by atoms with E-state index in [9.17, 15) is 9.59 Å². The first kappa shape index (κ1) is 16.7. The van der Waals surface area contributed by atoms with Crippen molar-refractivity contribution in [3.05, 3.63) is 83.0 Å². The van der Waals surface area contributed by atoms with Gasteiger partial charge in [0.1, 0.15) is 10.9 Å². The minimum atomic E-state index is -0.379. The lowest BCUT2D eigenvalue weighted by Gasteiger charge is -2.11. The van der Waals surface area contributed by atoms with Gasteiger partial charge in [0, 0.05) is 11.8 Å². The number of amides is 2. The number of para-hydroxylation sites is 1. The van der Waals surface area contributed by atoms with E-state index in [1.54, 1.807) is 42.5 Å². The van der Waals surface area contributed by atoms with Crippen LogP contribution in [0.15, 0.2) is 65.4 Å². The third-order valence-corrected chi connectivity index (χ3v) is 3.62. The van der Waals surface area contributed by atoms with Crippen molar-refractivity contribution < 1.29 is 14.0 Å². The Bertz CT molecular complexity index is 894. The van der Waals surface area contributed by atoms with E-state index in [-0.39, 0.29) is 23.5 Å². The van der Waals surface area contributed by atoms with E-state index in [2.05, 4.69) is 15.6 Å². The molecule has 25 heavy (non-hydrogen) atoms. The third kappa shape index (κ3) is 4.24. The van der Waals surface area contributed by atoms with Gasteiger partial charge in [0.05, 0.1) is 24.1 Å². The maximum absolute atomic E-state index is 12.4. The molecular weight excluding hydrogens is 342 g/mol. The van der Waals surface area contributed by atoms with Gasteiger partial charge in [0.2, 0.25) is 0 Å². The molecule has 0 spiro atoms. The molecule has 0 aliphatic heterocycles. The van der Waals surface area contributed by atoms with E-state index in [1.165, 1.54) is 18.5 Å². The number of anilines is 1. The highest BCUT2D eigenvalue weighted by molar-refractivity contribution is 6.29. The largest absolute Gasteiger partial charge is 0.467 e. The van der Waals surface area contributed by atoms with E-state index < -0.39 is 0 Å². The SMILES string of the molecule is O=C(Nc1ccccc1C(=O)NCc1ccco1)c1ccnc(Cl)c1. The van der Waals surface area contributed by atoms with Crippen molar-refractivity contribution in [1.29, 1.82) is 0 Å². The molecule has 3 aromatic rings. The van der Waals surface area contributed by atoms with Crippen LogP contribution >= 0.6 is 11.6 Å². The van der Waals surface area contributed by atoms with Gasteiger partial charge >= 0.3 is 0 Å². The lowest BCUT2D eigenvalue weighted by molar-refractivity contribution is 0.0949. The highest BCUT2D eigenvalue weighted by atomic mass is 35.5. The van der Waals surface area contributed by atoms with Crippen LogP contribution in [0.1, 0.15) is 26.5 Å². The molecule has 2 amide bonds. The molecule has 3 rings (SSSR count). The zero-order valence-corrected chi connectivity index (χ0v) is 13.8. The lowest BCUT2D eigenvalue weighted by Crippen LogP contribution is -2.24. The molecule has 0 saturated carbocycles. The third-order valence-electron chi connectivity index (χ3n) is 3.41. The number of rotatable bonds is 5. The molecule has 0 unspecified atom stereocenters. The van der Waals surface area contributed by atoms with Crippen molar-refractivity contribution in [3.63, 3.8) is 0 Å². The zero-order chi connectivity index (χ0) is 17.6. The Morgan fingerprint density at radius 2 is 1.92 bits per heavy atom. The lowest BCUT2D eigenvalue weighted by atomic mass is 10.1. The highest BCUT2D eigenvalue weighted by Gasteiger charge is 2.14. The van der Waals surface area contributed by atoms with Crippen molar-refractivity contribution in [2.75, 3.05) is 5.32 Å². The summed E-state index contributed by atoms with van der Waals surface area (Å²) in [6.07, 6.45) is 2.98. The van der Waals surface area contributed by atoms with Gasteiger partial charge in [-0.05, 0) is 36.4 Å². The number of carbonyl (C=O) groups is 2. The van der Waals surface area contributed by atoms with Crippen molar-refractivity contribution in [1.82, 2.24) is 10.3 Å². The second kappa shape index (κ2) is 7.63. The first-order chi connectivity index (χ1) is 12.1. The van der Waals surface area contributed by atoms with Gasteiger partial charge in [0.25, 0.3) is 11.8 Å². The number of nitrogens with zero attached hydrogens (tertiary/aromatic N) is 1. The fourth-order valence-electron chi connectivity index (χ4n) is 2.20. The van der Waals surface area contributed by atoms with Gasteiger partial charge in [0.15, 0.2) is 0 Å². The van der Waals surface area contributed by atoms with Crippen LogP contribution in [0.4, 0.5) is 5.69 Å². The molecule has 0 aliphatic rings. The van der Waals surface area contributed by atoms with Crippen molar-refractivity contribution in [2.24, 2.45) is 0 Å². The van der Waals surface area contributed by atoms with Gasteiger partial charge in [-0.25, -0.2) is 4.98 Å². The van der Waals surface area contributed by atoms with Crippen LogP contribution < -0.4 is 10.6 Å². The summed E-state index contributed by atoms with van der Waals surface area (Å²) in [5.41, 5.74) is 1.10. The second-order valence-corrected chi connectivity index (χ2v) is 5.52. The van der Waals surface area contributed by atoms with Gasteiger partial charge in [-0.15, -0.1) is 0 Å². The molecule has 0 atom stereocenters. The molecule has 2 heterocycles. The summed E-state index contributed by atoms with van der Waals surface area (Å²) in [4.78, 5) is 28.6. The molecular formula is C18H14ClN3O3. The van der Waals surface area contributed by atoms with Crippen LogP contribution in [0.3, 0.4) is 0 Å². The summed E-state index contributed by atoms with van der Waals surface area (Å²) in [7, 11) is 0.